The first-order chi connectivity index (χ1) is 10.9. The molecule has 1 fully saturated rings. The molecular weight excluding hydrogens is 289 g/mol. The largest absolute Gasteiger partial charge is 0.496 e. The number of benzene rings is 1. The Balaban J connectivity index is 1.55. The maximum Gasteiger partial charge on any atom is 0.496 e. The van der Waals surface area contributed by atoms with Crippen LogP contribution in [0, 0.1) is 0 Å². The SMILES string of the molecule is CC1(C)OB(C2=CNC(OCc3ccccc3)C=C2)OC1(C)C. The first-order valence-electron chi connectivity index (χ1n) is 8.03. The molecule has 0 aromatic heterocycles. The molecule has 2 heterocycles. The van der Waals surface area contributed by atoms with Crippen LogP contribution in [0.3, 0.4) is 0 Å². The van der Waals surface area contributed by atoms with Gasteiger partial charge in [0.25, 0.3) is 0 Å². The van der Waals surface area contributed by atoms with Crippen molar-refractivity contribution in [2.45, 2.75) is 51.7 Å². The molecule has 1 aromatic carbocycles. The van der Waals surface area contributed by atoms with Crippen molar-refractivity contribution >= 4 is 7.12 Å². The van der Waals surface area contributed by atoms with Gasteiger partial charge in [-0.1, -0.05) is 36.4 Å². The van der Waals surface area contributed by atoms with Crippen molar-refractivity contribution in [1.29, 1.82) is 0 Å². The van der Waals surface area contributed by atoms with E-state index in [4.69, 9.17) is 14.0 Å². The number of ether oxygens (including phenoxy) is 1. The average molecular weight is 313 g/mol. The highest BCUT2D eigenvalue weighted by atomic mass is 16.7. The zero-order chi connectivity index (χ0) is 16.5. The van der Waals surface area contributed by atoms with Gasteiger partial charge in [0, 0.05) is 0 Å². The second kappa shape index (κ2) is 6.15. The van der Waals surface area contributed by atoms with Gasteiger partial charge in [-0.3, -0.25) is 0 Å². The molecule has 2 aliphatic heterocycles. The van der Waals surface area contributed by atoms with Crippen LogP contribution in [0.25, 0.3) is 0 Å². The van der Waals surface area contributed by atoms with E-state index in [0.29, 0.717) is 6.61 Å². The fraction of sp³-hybridized carbons (Fsp3) is 0.444. The molecule has 1 N–H and O–H groups in total. The fourth-order valence-electron chi connectivity index (χ4n) is 2.47. The van der Waals surface area contributed by atoms with Crippen molar-refractivity contribution in [1.82, 2.24) is 5.32 Å². The molecule has 5 heteroatoms. The van der Waals surface area contributed by atoms with Crippen LogP contribution >= 0.6 is 0 Å². The van der Waals surface area contributed by atoms with Gasteiger partial charge in [-0.15, -0.1) is 0 Å². The molecule has 122 valence electrons. The van der Waals surface area contributed by atoms with Crippen molar-refractivity contribution in [3.8, 4) is 0 Å². The van der Waals surface area contributed by atoms with E-state index in [1.54, 1.807) is 0 Å². The minimum atomic E-state index is -0.348. The first kappa shape index (κ1) is 16.3. The van der Waals surface area contributed by atoms with E-state index in [1.807, 2.05) is 36.6 Å². The molecule has 0 spiro atoms. The van der Waals surface area contributed by atoms with Gasteiger partial charge in [0.05, 0.1) is 17.8 Å². The normalized spacial score (nSPS) is 25.1. The van der Waals surface area contributed by atoms with Crippen LogP contribution < -0.4 is 5.32 Å². The van der Waals surface area contributed by atoms with Crippen molar-refractivity contribution in [3.63, 3.8) is 0 Å². The van der Waals surface area contributed by atoms with E-state index in [-0.39, 0.29) is 24.5 Å². The van der Waals surface area contributed by atoms with E-state index >= 15 is 0 Å². The van der Waals surface area contributed by atoms with Gasteiger partial charge in [0.15, 0.2) is 0 Å². The number of dihydropyridines is 1. The molecule has 0 bridgehead atoms. The van der Waals surface area contributed by atoms with E-state index in [9.17, 15) is 0 Å². The fourth-order valence-corrected chi connectivity index (χ4v) is 2.47. The quantitative estimate of drug-likeness (QED) is 0.867. The second-order valence-electron chi connectivity index (χ2n) is 6.98. The molecule has 0 saturated carbocycles. The van der Waals surface area contributed by atoms with Gasteiger partial charge < -0.3 is 19.4 Å². The van der Waals surface area contributed by atoms with Gasteiger partial charge in [-0.2, -0.15) is 0 Å². The molecular formula is C18H24BNO3. The number of rotatable bonds is 4. The number of nitrogens with one attached hydrogen (secondary N) is 1. The first-order valence-corrected chi connectivity index (χ1v) is 8.03. The Bertz CT molecular complexity index is 594. The topological polar surface area (TPSA) is 39.7 Å². The summed E-state index contributed by atoms with van der Waals surface area (Å²) in [6, 6.07) is 10.1. The molecule has 4 nitrogen and oxygen atoms in total. The third-order valence-electron chi connectivity index (χ3n) is 4.68. The average Bonchev–Trinajstić information content (AvgIpc) is 2.75. The highest BCUT2D eigenvalue weighted by Crippen LogP contribution is 2.38. The Morgan fingerprint density at radius 2 is 1.74 bits per heavy atom. The summed E-state index contributed by atoms with van der Waals surface area (Å²) in [7, 11) is -0.348. The van der Waals surface area contributed by atoms with Crippen LogP contribution in [0.2, 0.25) is 0 Å². The van der Waals surface area contributed by atoms with Crippen LogP contribution in [0.1, 0.15) is 33.3 Å². The van der Waals surface area contributed by atoms with Gasteiger partial charge in [0.2, 0.25) is 0 Å². The Hall–Kier alpha value is -1.56. The molecule has 1 unspecified atom stereocenters. The third kappa shape index (κ3) is 3.52. The monoisotopic (exact) mass is 313 g/mol. The maximum atomic E-state index is 6.05. The Morgan fingerprint density at radius 1 is 1.09 bits per heavy atom. The minimum Gasteiger partial charge on any atom is -0.399 e. The number of hydrogen-bond acceptors (Lipinski definition) is 4. The van der Waals surface area contributed by atoms with Gasteiger partial charge >= 0.3 is 7.12 Å². The molecule has 3 rings (SSSR count). The van der Waals surface area contributed by atoms with Gasteiger partial charge in [-0.25, -0.2) is 0 Å². The van der Waals surface area contributed by atoms with Crippen LogP contribution in [-0.2, 0) is 20.7 Å². The lowest BCUT2D eigenvalue weighted by Gasteiger charge is -2.32. The number of allylic oxidation sites excluding steroid dienone is 2. The van der Waals surface area contributed by atoms with E-state index in [2.05, 4.69) is 45.1 Å². The van der Waals surface area contributed by atoms with Crippen molar-refractivity contribution in [2.75, 3.05) is 0 Å². The molecule has 0 amide bonds. The lowest BCUT2D eigenvalue weighted by Crippen LogP contribution is -2.41. The van der Waals surface area contributed by atoms with Crippen molar-refractivity contribution < 1.29 is 14.0 Å². The molecule has 1 aromatic rings. The standard InChI is InChI=1S/C18H24BNO3/c1-17(2)18(3,4)23-19(22-17)15-10-11-16(20-12-15)21-13-14-8-6-5-7-9-14/h5-12,16,20H,13H2,1-4H3. The molecule has 23 heavy (non-hydrogen) atoms. The zero-order valence-corrected chi connectivity index (χ0v) is 14.2. The van der Waals surface area contributed by atoms with E-state index in [0.717, 1.165) is 11.0 Å². The van der Waals surface area contributed by atoms with E-state index < -0.39 is 0 Å². The smallest absolute Gasteiger partial charge is 0.399 e. The summed E-state index contributed by atoms with van der Waals surface area (Å²) in [5, 5.41) is 3.24. The molecule has 1 atom stereocenters. The summed E-state index contributed by atoms with van der Waals surface area (Å²) in [4.78, 5) is 0. The molecule has 0 aliphatic carbocycles. The van der Waals surface area contributed by atoms with E-state index in [1.165, 1.54) is 0 Å². The van der Waals surface area contributed by atoms with Crippen LogP contribution in [-0.4, -0.2) is 24.5 Å². The Morgan fingerprint density at radius 3 is 2.30 bits per heavy atom. The summed E-state index contributed by atoms with van der Waals surface area (Å²) < 4.78 is 17.9. The Labute approximate surface area is 138 Å². The maximum absolute atomic E-state index is 6.05. The van der Waals surface area contributed by atoms with Crippen molar-refractivity contribution in [3.05, 3.63) is 59.7 Å². The molecule has 1 saturated heterocycles. The molecule has 2 aliphatic rings. The highest BCUT2D eigenvalue weighted by molar-refractivity contribution is 6.55. The molecule has 0 radical (unpaired) electrons. The van der Waals surface area contributed by atoms with Crippen LogP contribution in [0.5, 0.6) is 0 Å². The minimum absolute atomic E-state index is 0.138. The highest BCUT2D eigenvalue weighted by Gasteiger charge is 2.52. The van der Waals surface area contributed by atoms with Crippen LogP contribution in [0.4, 0.5) is 0 Å². The Kier molecular flexibility index (Phi) is 4.36. The zero-order valence-electron chi connectivity index (χ0n) is 14.2. The second-order valence-corrected chi connectivity index (χ2v) is 6.98. The predicted octanol–water partition coefficient (Wildman–Crippen LogP) is 3.20. The number of hydrogen-bond donors (Lipinski definition) is 1. The predicted molar refractivity (Wildman–Crippen MR) is 91.5 cm³/mol. The summed E-state index contributed by atoms with van der Waals surface area (Å²) >= 11 is 0. The van der Waals surface area contributed by atoms with Crippen LogP contribution in [0.15, 0.2) is 54.2 Å². The lowest BCUT2D eigenvalue weighted by molar-refractivity contribution is 0.00578. The van der Waals surface area contributed by atoms with Crippen molar-refractivity contribution in [2.24, 2.45) is 0 Å². The summed E-state index contributed by atoms with van der Waals surface area (Å²) in [5.41, 5.74) is 1.48. The third-order valence-corrected chi connectivity index (χ3v) is 4.68. The summed E-state index contributed by atoms with van der Waals surface area (Å²) in [5.74, 6) is 0. The summed E-state index contributed by atoms with van der Waals surface area (Å²) in [6.07, 6.45) is 5.77. The lowest BCUT2D eigenvalue weighted by atomic mass is 9.78. The summed E-state index contributed by atoms with van der Waals surface area (Å²) in [6.45, 7) is 8.79. The van der Waals surface area contributed by atoms with Gasteiger partial charge in [-0.05, 0) is 51.0 Å². The van der Waals surface area contributed by atoms with Gasteiger partial charge in [0.1, 0.15) is 6.23 Å².